The summed E-state index contributed by atoms with van der Waals surface area (Å²) in [5, 5.41) is 2.72. The minimum atomic E-state index is -0.712. The largest absolute Gasteiger partial charge is 0.452 e. The van der Waals surface area contributed by atoms with Crippen LogP contribution < -0.4 is 5.32 Å². The molecule has 0 saturated heterocycles. The first-order valence-corrected chi connectivity index (χ1v) is 6.54. The van der Waals surface area contributed by atoms with Gasteiger partial charge < -0.3 is 10.1 Å². The molecule has 0 aliphatic rings. The summed E-state index contributed by atoms with van der Waals surface area (Å²) in [6.45, 7) is 7.06. The number of esters is 1. The molecule has 1 N–H and O–H groups in total. The maximum absolute atomic E-state index is 13.3. The van der Waals surface area contributed by atoms with Crippen LogP contribution in [0, 0.1) is 18.7 Å². The highest BCUT2D eigenvalue weighted by Crippen LogP contribution is 2.10. The number of benzene rings is 1. The van der Waals surface area contributed by atoms with Crippen molar-refractivity contribution in [2.24, 2.45) is 5.92 Å². The second kappa shape index (κ2) is 7.03. The number of hydrogen-bond acceptors (Lipinski definition) is 3. The number of rotatable bonds is 5. The molecule has 1 aromatic carbocycles. The van der Waals surface area contributed by atoms with E-state index in [1.165, 1.54) is 12.1 Å². The number of carbonyl (C=O) groups excluding carboxylic acids is 2. The number of hydrogen-bond donors (Lipinski definition) is 1. The maximum atomic E-state index is 13.3. The third-order valence-electron chi connectivity index (χ3n) is 3.13. The molecule has 5 heteroatoms. The Labute approximate surface area is 118 Å². The van der Waals surface area contributed by atoms with Crippen LogP contribution in [0.25, 0.3) is 0 Å². The van der Waals surface area contributed by atoms with Gasteiger partial charge in [0.05, 0.1) is 5.56 Å². The van der Waals surface area contributed by atoms with Crippen LogP contribution in [-0.2, 0) is 9.53 Å². The zero-order chi connectivity index (χ0) is 15.3. The average Bonchev–Trinajstić information content (AvgIpc) is 2.39. The normalized spacial score (nSPS) is 12.1. The van der Waals surface area contributed by atoms with Gasteiger partial charge in [0.15, 0.2) is 6.61 Å². The Hall–Kier alpha value is -1.91. The lowest BCUT2D eigenvalue weighted by molar-refractivity contribution is -0.125. The number of halogens is 1. The highest BCUT2D eigenvalue weighted by molar-refractivity contribution is 5.91. The fourth-order valence-corrected chi connectivity index (χ4v) is 1.40. The lowest BCUT2D eigenvalue weighted by atomic mass is 10.1. The number of carbonyl (C=O) groups is 2. The third kappa shape index (κ3) is 4.64. The van der Waals surface area contributed by atoms with E-state index in [1.54, 1.807) is 6.92 Å². The van der Waals surface area contributed by atoms with Crippen molar-refractivity contribution >= 4 is 11.9 Å². The molecule has 1 aromatic rings. The van der Waals surface area contributed by atoms with Gasteiger partial charge in [0, 0.05) is 6.04 Å². The van der Waals surface area contributed by atoms with Crippen molar-refractivity contribution in [2.75, 3.05) is 6.61 Å². The van der Waals surface area contributed by atoms with Gasteiger partial charge in [-0.25, -0.2) is 9.18 Å². The number of ether oxygens (including phenoxy) is 1. The standard InChI is InChI=1S/C15H20FNO3/c1-9(2)11(4)17-14(18)8-20-15(19)12-6-5-10(3)13(16)7-12/h5-7,9,11H,8H2,1-4H3,(H,17,18). The number of nitrogens with one attached hydrogen (secondary N) is 1. The lowest BCUT2D eigenvalue weighted by Crippen LogP contribution is -2.38. The molecule has 0 aliphatic heterocycles. The van der Waals surface area contributed by atoms with Gasteiger partial charge in [-0.15, -0.1) is 0 Å². The monoisotopic (exact) mass is 281 g/mol. The smallest absolute Gasteiger partial charge is 0.338 e. The number of amides is 1. The Kier molecular flexibility index (Phi) is 5.67. The summed E-state index contributed by atoms with van der Waals surface area (Å²) in [7, 11) is 0. The van der Waals surface area contributed by atoms with Crippen LogP contribution in [0.1, 0.15) is 36.7 Å². The molecule has 0 aliphatic carbocycles. The molecular formula is C15H20FNO3. The maximum Gasteiger partial charge on any atom is 0.338 e. The number of aryl methyl sites for hydroxylation is 1. The Bertz CT molecular complexity index is 500. The molecule has 1 unspecified atom stereocenters. The quantitative estimate of drug-likeness (QED) is 0.843. The van der Waals surface area contributed by atoms with Gasteiger partial charge in [-0.05, 0) is 37.5 Å². The molecule has 4 nitrogen and oxygen atoms in total. The molecule has 0 spiro atoms. The summed E-state index contributed by atoms with van der Waals surface area (Å²) in [6, 6.07) is 4.06. The summed E-state index contributed by atoms with van der Waals surface area (Å²) in [6.07, 6.45) is 0. The van der Waals surface area contributed by atoms with E-state index in [9.17, 15) is 14.0 Å². The molecule has 0 fully saturated rings. The third-order valence-corrected chi connectivity index (χ3v) is 3.13. The second-order valence-corrected chi connectivity index (χ2v) is 5.14. The predicted molar refractivity (Wildman–Crippen MR) is 73.9 cm³/mol. The van der Waals surface area contributed by atoms with Crippen LogP contribution in [0.4, 0.5) is 4.39 Å². The van der Waals surface area contributed by atoms with Gasteiger partial charge in [0.1, 0.15) is 5.82 Å². The summed E-state index contributed by atoms with van der Waals surface area (Å²) < 4.78 is 18.2. The molecule has 0 aromatic heterocycles. The van der Waals surface area contributed by atoms with Crippen molar-refractivity contribution in [3.63, 3.8) is 0 Å². The van der Waals surface area contributed by atoms with Crippen molar-refractivity contribution in [2.45, 2.75) is 33.7 Å². The van der Waals surface area contributed by atoms with E-state index in [1.807, 2.05) is 20.8 Å². The first-order valence-electron chi connectivity index (χ1n) is 6.54. The second-order valence-electron chi connectivity index (χ2n) is 5.14. The molecule has 1 amide bonds. The fourth-order valence-electron chi connectivity index (χ4n) is 1.40. The van der Waals surface area contributed by atoms with Crippen LogP contribution in [-0.4, -0.2) is 24.5 Å². The van der Waals surface area contributed by atoms with Crippen molar-refractivity contribution in [1.82, 2.24) is 5.32 Å². The van der Waals surface area contributed by atoms with Gasteiger partial charge in [0.25, 0.3) is 5.91 Å². The Morgan fingerprint density at radius 3 is 2.50 bits per heavy atom. The highest BCUT2D eigenvalue weighted by atomic mass is 19.1. The Balaban J connectivity index is 2.51. The fraction of sp³-hybridized carbons (Fsp3) is 0.467. The minimum absolute atomic E-state index is 0.00183. The molecule has 1 rings (SSSR count). The van der Waals surface area contributed by atoms with E-state index in [4.69, 9.17) is 4.74 Å². The zero-order valence-electron chi connectivity index (χ0n) is 12.2. The first kappa shape index (κ1) is 16.1. The SMILES string of the molecule is Cc1ccc(C(=O)OCC(=O)NC(C)C(C)C)cc1F. The molecular weight excluding hydrogens is 261 g/mol. The van der Waals surface area contributed by atoms with Crippen LogP contribution in [0.15, 0.2) is 18.2 Å². The summed E-state index contributed by atoms with van der Waals surface area (Å²) in [5.41, 5.74) is 0.544. The highest BCUT2D eigenvalue weighted by Gasteiger charge is 2.14. The molecule has 0 radical (unpaired) electrons. The van der Waals surface area contributed by atoms with Gasteiger partial charge in [0.2, 0.25) is 0 Å². The van der Waals surface area contributed by atoms with Crippen LogP contribution >= 0.6 is 0 Å². The topological polar surface area (TPSA) is 55.4 Å². The van der Waals surface area contributed by atoms with Gasteiger partial charge in [-0.2, -0.15) is 0 Å². The van der Waals surface area contributed by atoms with Crippen molar-refractivity contribution < 1.29 is 18.7 Å². The lowest BCUT2D eigenvalue weighted by Gasteiger charge is -2.17. The van der Waals surface area contributed by atoms with E-state index >= 15 is 0 Å². The van der Waals surface area contributed by atoms with Crippen LogP contribution in [0.3, 0.4) is 0 Å². The molecule has 0 saturated carbocycles. The zero-order valence-corrected chi connectivity index (χ0v) is 12.2. The average molecular weight is 281 g/mol. The van der Waals surface area contributed by atoms with Crippen molar-refractivity contribution in [1.29, 1.82) is 0 Å². The summed E-state index contributed by atoms with van der Waals surface area (Å²) in [5.74, 6) is -1.26. The van der Waals surface area contributed by atoms with E-state index < -0.39 is 11.8 Å². The molecule has 110 valence electrons. The molecule has 1 atom stereocenters. The molecule has 0 heterocycles. The van der Waals surface area contributed by atoms with E-state index in [0.717, 1.165) is 6.07 Å². The van der Waals surface area contributed by atoms with Crippen LogP contribution in [0.5, 0.6) is 0 Å². The summed E-state index contributed by atoms with van der Waals surface area (Å²) in [4.78, 5) is 23.2. The predicted octanol–water partition coefficient (Wildman–Crippen LogP) is 2.45. The molecule has 20 heavy (non-hydrogen) atoms. The Morgan fingerprint density at radius 1 is 1.30 bits per heavy atom. The Morgan fingerprint density at radius 2 is 1.95 bits per heavy atom. The van der Waals surface area contributed by atoms with Crippen LogP contribution in [0.2, 0.25) is 0 Å². The minimum Gasteiger partial charge on any atom is -0.452 e. The van der Waals surface area contributed by atoms with Gasteiger partial charge in [-0.3, -0.25) is 4.79 Å². The first-order chi connectivity index (χ1) is 9.31. The van der Waals surface area contributed by atoms with E-state index in [0.29, 0.717) is 11.5 Å². The molecule has 0 bridgehead atoms. The van der Waals surface area contributed by atoms with E-state index in [-0.39, 0.29) is 24.1 Å². The van der Waals surface area contributed by atoms with Crippen molar-refractivity contribution in [3.05, 3.63) is 35.1 Å². The van der Waals surface area contributed by atoms with Gasteiger partial charge in [-0.1, -0.05) is 19.9 Å². The van der Waals surface area contributed by atoms with Gasteiger partial charge >= 0.3 is 5.97 Å². The summed E-state index contributed by atoms with van der Waals surface area (Å²) >= 11 is 0. The van der Waals surface area contributed by atoms with Crippen molar-refractivity contribution in [3.8, 4) is 0 Å². The van der Waals surface area contributed by atoms with E-state index in [2.05, 4.69) is 5.32 Å².